The number of hydrazone groups is 1. The van der Waals surface area contributed by atoms with Gasteiger partial charge in [0.25, 0.3) is 11.8 Å². The van der Waals surface area contributed by atoms with Crippen LogP contribution in [0.25, 0.3) is 11.3 Å². The van der Waals surface area contributed by atoms with Crippen molar-refractivity contribution in [2.24, 2.45) is 10.8 Å². The van der Waals surface area contributed by atoms with Crippen molar-refractivity contribution in [2.45, 2.75) is 12.5 Å². The van der Waals surface area contributed by atoms with Crippen LogP contribution in [-0.2, 0) is 16.0 Å². The van der Waals surface area contributed by atoms with Crippen molar-refractivity contribution >= 4 is 47.3 Å². The molecule has 0 aliphatic carbocycles. The van der Waals surface area contributed by atoms with E-state index in [1.807, 2.05) is 30.3 Å². The molecule has 2 N–H and O–H groups in total. The minimum absolute atomic E-state index is 0.198. The normalized spacial score (nSPS) is 15.0. The Balaban J connectivity index is 1.43. The molecule has 0 saturated carbocycles. The van der Waals surface area contributed by atoms with Crippen LogP contribution in [0.1, 0.15) is 11.3 Å². The lowest BCUT2D eigenvalue weighted by Gasteiger charge is -2.17. The molecule has 1 aliphatic heterocycles. The average Bonchev–Trinajstić information content (AvgIpc) is 3.38. The van der Waals surface area contributed by atoms with E-state index in [0.29, 0.717) is 32.0 Å². The van der Waals surface area contributed by atoms with Crippen molar-refractivity contribution in [3.63, 3.8) is 0 Å². The Morgan fingerprint density at radius 3 is 2.58 bits per heavy atom. The van der Waals surface area contributed by atoms with Crippen LogP contribution in [0.3, 0.4) is 0 Å². The number of urea groups is 1. The second kappa shape index (κ2) is 9.58. The lowest BCUT2D eigenvalue weighted by Crippen LogP contribution is -2.48. The van der Waals surface area contributed by atoms with Crippen LogP contribution in [0.4, 0.5) is 4.79 Å². The van der Waals surface area contributed by atoms with Gasteiger partial charge < -0.3 is 10.2 Å². The summed E-state index contributed by atoms with van der Waals surface area (Å²) in [4.78, 5) is 38.1. The van der Waals surface area contributed by atoms with Gasteiger partial charge in [0.15, 0.2) is 0 Å². The van der Waals surface area contributed by atoms with Gasteiger partial charge in [-0.05, 0) is 42.3 Å². The monoisotopic (exact) mass is 484 g/mol. The van der Waals surface area contributed by atoms with E-state index in [0.717, 1.165) is 10.6 Å². The van der Waals surface area contributed by atoms with Gasteiger partial charge in [0.2, 0.25) is 0 Å². The van der Waals surface area contributed by atoms with Gasteiger partial charge in [-0.15, -0.1) is 0 Å². The maximum absolute atomic E-state index is 12.6. The predicted molar refractivity (Wildman–Crippen MR) is 124 cm³/mol. The van der Waals surface area contributed by atoms with Crippen LogP contribution in [-0.4, -0.2) is 46.6 Å². The molecule has 1 atom stereocenters. The Hall–Kier alpha value is -3.46. The molecule has 3 aromatic rings. The Kier molecular flexibility index (Phi) is 6.60. The lowest BCUT2D eigenvalue weighted by molar-refractivity contribution is -0.139. The predicted octanol–water partition coefficient (Wildman–Crippen LogP) is 3.95. The van der Waals surface area contributed by atoms with Gasteiger partial charge in [0.1, 0.15) is 18.1 Å². The third-order valence-electron chi connectivity index (χ3n) is 4.94. The summed E-state index contributed by atoms with van der Waals surface area (Å²) >= 11 is 12.0. The zero-order valence-electron chi connectivity index (χ0n) is 17.2. The molecule has 2 heterocycles. The zero-order chi connectivity index (χ0) is 23.5. The first kappa shape index (κ1) is 22.7. The topological polar surface area (TPSA) is 109 Å². The molecule has 1 aliphatic rings. The van der Waals surface area contributed by atoms with E-state index in [-0.39, 0.29) is 13.0 Å². The van der Waals surface area contributed by atoms with Gasteiger partial charge in [-0.2, -0.15) is 10.0 Å². The molecule has 0 spiro atoms. The first-order valence-electron chi connectivity index (χ1n) is 9.90. The minimum atomic E-state index is -1.04. The molecule has 2 aromatic carbocycles. The van der Waals surface area contributed by atoms with Crippen LogP contribution >= 0.6 is 23.2 Å². The molecular weight excluding hydrogens is 467 g/mol. The Morgan fingerprint density at radius 2 is 1.85 bits per heavy atom. The third-order valence-corrected chi connectivity index (χ3v) is 5.68. The van der Waals surface area contributed by atoms with Crippen molar-refractivity contribution in [1.29, 1.82) is 0 Å². The van der Waals surface area contributed by atoms with Gasteiger partial charge >= 0.3 is 6.03 Å². The number of rotatable bonds is 6. The van der Waals surface area contributed by atoms with Crippen molar-refractivity contribution < 1.29 is 18.8 Å². The van der Waals surface area contributed by atoms with Crippen LogP contribution in [0.5, 0.6) is 0 Å². The molecule has 33 heavy (non-hydrogen) atoms. The Bertz CT molecular complexity index is 1240. The summed E-state index contributed by atoms with van der Waals surface area (Å²) in [6, 6.07) is 15.6. The second-order valence-corrected chi connectivity index (χ2v) is 8.09. The number of furan rings is 1. The minimum Gasteiger partial charge on any atom is -0.455 e. The number of carbonyl (C=O) groups is 3. The molecule has 0 radical (unpaired) electrons. The van der Waals surface area contributed by atoms with Crippen molar-refractivity contribution in [3.8, 4) is 11.3 Å². The molecule has 4 rings (SSSR count). The first-order chi connectivity index (χ1) is 15.8. The number of nitrogens with zero attached hydrogens (tertiary/aromatic N) is 3. The molecule has 1 aromatic heterocycles. The van der Waals surface area contributed by atoms with E-state index in [9.17, 15) is 14.4 Å². The summed E-state index contributed by atoms with van der Waals surface area (Å²) in [6.45, 7) is -0.376. The van der Waals surface area contributed by atoms with Gasteiger partial charge in [-0.3, -0.25) is 9.59 Å². The maximum Gasteiger partial charge on any atom is 0.354 e. The Morgan fingerprint density at radius 1 is 1.09 bits per heavy atom. The van der Waals surface area contributed by atoms with Crippen LogP contribution in [0.15, 0.2) is 70.2 Å². The number of hydrogen-bond donors (Lipinski definition) is 1. The highest BCUT2D eigenvalue weighted by Gasteiger charge is 2.42. The van der Waals surface area contributed by atoms with E-state index in [4.69, 9.17) is 33.4 Å². The molecule has 1 saturated heterocycles. The van der Waals surface area contributed by atoms with Gasteiger partial charge in [-0.1, -0.05) is 53.5 Å². The van der Waals surface area contributed by atoms with Crippen LogP contribution < -0.4 is 5.73 Å². The molecule has 1 fully saturated rings. The smallest absolute Gasteiger partial charge is 0.354 e. The van der Waals surface area contributed by atoms with Gasteiger partial charge in [-0.25, -0.2) is 9.80 Å². The molecule has 4 amide bonds. The summed E-state index contributed by atoms with van der Waals surface area (Å²) in [5, 5.41) is 5.70. The van der Waals surface area contributed by atoms with E-state index in [1.54, 1.807) is 30.3 Å². The number of amides is 4. The number of benzene rings is 2. The molecule has 168 valence electrons. The van der Waals surface area contributed by atoms with Gasteiger partial charge in [0, 0.05) is 5.56 Å². The number of carbonyl (C=O) groups excluding carboxylic acids is 3. The standard InChI is InChI=1S/C23H18Cl2N4O4/c24-17-8-6-15(11-18(17)25)20-9-7-16(33-20)12-27-28-13-21(30)29(23(28)32)22(31)19(26)10-14-4-2-1-3-5-14/h1-9,11-12,19H,10,13,26H2. The van der Waals surface area contributed by atoms with Crippen molar-refractivity contribution in [1.82, 2.24) is 9.91 Å². The maximum atomic E-state index is 12.6. The summed E-state index contributed by atoms with van der Waals surface area (Å²) in [5.41, 5.74) is 7.49. The fraction of sp³-hybridized carbons (Fsp3) is 0.130. The molecule has 10 heteroatoms. The summed E-state index contributed by atoms with van der Waals surface area (Å²) in [6.07, 6.45) is 1.48. The quantitative estimate of drug-likeness (QED) is 0.420. The SMILES string of the molecule is NC(Cc1ccccc1)C(=O)N1C(=O)CN(N=Cc2ccc(-c3ccc(Cl)c(Cl)c3)o2)C1=O. The number of halogens is 2. The van der Waals surface area contributed by atoms with E-state index in [1.165, 1.54) is 6.21 Å². The fourth-order valence-electron chi connectivity index (χ4n) is 3.27. The highest BCUT2D eigenvalue weighted by atomic mass is 35.5. The highest BCUT2D eigenvalue weighted by Crippen LogP contribution is 2.29. The van der Waals surface area contributed by atoms with E-state index < -0.39 is 23.9 Å². The van der Waals surface area contributed by atoms with E-state index >= 15 is 0 Å². The van der Waals surface area contributed by atoms with Crippen molar-refractivity contribution in [3.05, 3.63) is 82.0 Å². The van der Waals surface area contributed by atoms with Crippen LogP contribution in [0.2, 0.25) is 10.0 Å². The molecule has 1 unspecified atom stereocenters. The Labute approximate surface area is 199 Å². The number of hydrogen-bond acceptors (Lipinski definition) is 6. The first-order valence-corrected chi connectivity index (χ1v) is 10.7. The number of imide groups is 3. The summed E-state index contributed by atoms with van der Waals surface area (Å²) in [5.74, 6) is -0.613. The molecular formula is C23H18Cl2N4O4. The average molecular weight is 485 g/mol. The third kappa shape index (κ3) is 4.98. The fourth-order valence-corrected chi connectivity index (χ4v) is 3.57. The summed E-state index contributed by atoms with van der Waals surface area (Å²) < 4.78 is 5.69. The second-order valence-electron chi connectivity index (χ2n) is 7.28. The molecule has 0 bridgehead atoms. The van der Waals surface area contributed by atoms with Crippen molar-refractivity contribution in [2.75, 3.05) is 6.54 Å². The molecule has 8 nitrogen and oxygen atoms in total. The summed E-state index contributed by atoms with van der Waals surface area (Å²) in [7, 11) is 0. The highest BCUT2D eigenvalue weighted by molar-refractivity contribution is 6.42. The number of nitrogens with two attached hydrogens (primary N) is 1. The van der Waals surface area contributed by atoms with Crippen LogP contribution in [0, 0.1) is 0 Å². The van der Waals surface area contributed by atoms with Gasteiger partial charge in [0.05, 0.1) is 22.3 Å². The lowest BCUT2D eigenvalue weighted by atomic mass is 10.1. The largest absolute Gasteiger partial charge is 0.455 e. The van der Waals surface area contributed by atoms with E-state index in [2.05, 4.69) is 5.10 Å². The zero-order valence-corrected chi connectivity index (χ0v) is 18.7.